The highest BCUT2D eigenvalue weighted by atomic mass is 32.2. The number of nitrogens with two attached hydrogens (primary N) is 1. The first-order valence-electron chi connectivity index (χ1n) is 5.31. The van der Waals surface area contributed by atoms with Crippen molar-refractivity contribution in [2.45, 2.75) is 4.90 Å². The summed E-state index contributed by atoms with van der Waals surface area (Å²) in [7, 11) is 0. The van der Waals surface area contributed by atoms with Crippen molar-refractivity contribution in [3.63, 3.8) is 0 Å². The minimum Gasteiger partial charge on any atom is -0.454 e. The van der Waals surface area contributed by atoms with Gasteiger partial charge in [0.2, 0.25) is 0 Å². The second-order valence-corrected chi connectivity index (χ2v) is 4.39. The number of nitrogen functional groups attached to an aromatic ring is 1. The number of ether oxygens (including phenoxy) is 1. The number of hydrogen-bond donors (Lipinski definition) is 2. The summed E-state index contributed by atoms with van der Waals surface area (Å²) in [6, 6.07) is 9.37. The molecule has 0 spiro atoms. The lowest BCUT2D eigenvalue weighted by atomic mass is 10.2. The van der Waals surface area contributed by atoms with Gasteiger partial charge in [0.05, 0.1) is 11.8 Å². The Bertz CT molecular complexity index is 572. The van der Waals surface area contributed by atoms with Gasteiger partial charge in [-0.05, 0) is 24.5 Å². The minimum atomic E-state index is -0.0333. The third-order valence-electron chi connectivity index (χ3n) is 2.36. The van der Waals surface area contributed by atoms with Gasteiger partial charge in [0.1, 0.15) is 11.6 Å². The average Bonchev–Trinajstić information content (AvgIpc) is 2.40. The summed E-state index contributed by atoms with van der Waals surface area (Å²) in [5, 5.41) is 7.51. The van der Waals surface area contributed by atoms with Gasteiger partial charge in [-0.25, -0.2) is 0 Å². The molecule has 2 rings (SSSR count). The summed E-state index contributed by atoms with van der Waals surface area (Å²) >= 11 is 1.60. The Kier molecular flexibility index (Phi) is 3.84. The zero-order valence-electron chi connectivity index (χ0n) is 9.88. The Morgan fingerprint density at radius 2 is 2.06 bits per heavy atom. The highest BCUT2D eigenvalue weighted by Gasteiger charge is 2.09. The van der Waals surface area contributed by atoms with E-state index < -0.39 is 0 Å². The lowest BCUT2D eigenvalue weighted by Crippen LogP contribution is -2.12. The Balaban J connectivity index is 2.37. The molecule has 92 valence electrons. The SMILES string of the molecule is CSc1ccccc1Oc1cnccc1C(=N)N. The fourth-order valence-electron chi connectivity index (χ4n) is 1.51. The third-order valence-corrected chi connectivity index (χ3v) is 3.14. The van der Waals surface area contributed by atoms with Crippen LogP contribution in [0.25, 0.3) is 0 Å². The van der Waals surface area contributed by atoms with E-state index in [9.17, 15) is 0 Å². The predicted octanol–water partition coefficient (Wildman–Crippen LogP) is 2.88. The van der Waals surface area contributed by atoms with Crippen LogP contribution in [0.1, 0.15) is 5.56 Å². The maximum Gasteiger partial charge on any atom is 0.156 e. The van der Waals surface area contributed by atoms with Gasteiger partial charge in [-0.3, -0.25) is 10.4 Å². The molecule has 0 fully saturated rings. The van der Waals surface area contributed by atoms with Crippen LogP contribution in [0.2, 0.25) is 0 Å². The fourth-order valence-corrected chi connectivity index (χ4v) is 2.03. The average molecular weight is 259 g/mol. The first-order valence-corrected chi connectivity index (χ1v) is 6.54. The molecule has 0 saturated carbocycles. The van der Waals surface area contributed by atoms with Gasteiger partial charge in [0.25, 0.3) is 0 Å². The van der Waals surface area contributed by atoms with Crippen LogP contribution in [0.15, 0.2) is 47.6 Å². The molecular weight excluding hydrogens is 246 g/mol. The molecule has 3 N–H and O–H groups in total. The summed E-state index contributed by atoms with van der Waals surface area (Å²) in [5.41, 5.74) is 6.05. The number of benzene rings is 1. The van der Waals surface area contributed by atoms with Crippen LogP contribution in [0.3, 0.4) is 0 Å². The molecule has 1 aromatic carbocycles. The highest BCUT2D eigenvalue weighted by Crippen LogP contribution is 2.32. The Labute approximate surface area is 110 Å². The molecule has 0 unspecified atom stereocenters. The lowest BCUT2D eigenvalue weighted by molar-refractivity contribution is 0.468. The Morgan fingerprint density at radius 3 is 2.78 bits per heavy atom. The van der Waals surface area contributed by atoms with E-state index in [4.69, 9.17) is 15.9 Å². The van der Waals surface area contributed by atoms with E-state index in [0.29, 0.717) is 11.3 Å². The number of aromatic nitrogens is 1. The van der Waals surface area contributed by atoms with Crippen molar-refractivity contribution in [1.82, 2.24) is 4.98 Å². The molecule has 1 aromatic heterocycles. The van der Waals surface area contributed by atoms with Crippen molar-refractivity contribution in [3.8, 4) is 11.5 Å². The quantitative estimate of drug-likeness (QED) is 0.503. The molecule has 0 bridgehead atoms. The van der Waals surface area contributed by atoms with Gasteiger partial charge < -0.3 is 10.5 Å². The van der Waals surface area contributed by atoms with Gasteiger partial charge in [0.15, 0.2) is 5.75 Å². The molecule has 0 aliphatic heterocycles. The summed E-state index contributed by atoms with van der Waals surface area (Å²) in [5.74, 6) is 1.20. The minimum absolute atomic E-state index is 0.0333. The number of nitrogens with one attached hydrogen (secondary N) is 1. The van der Waals surface area contributed by atoms with Crippen molar-refractivity contribution in [2.75, 3.05) is 6.26 Å². The van der Waals surface area contributed by atoms with Gasteiger partial charge in [-0.2, -0.15) is 0 Å². The first kappa shape index (κ1) is 12.4. The van der Waals surface area contributed by atoms with E-state index in [-0.39, 0.29) is 5.84 Å². The van der Waals surface area contributed by atoms with Crippen LogP contribution in [0.5, 0.6) is 11.5 Å². The van der Waals surface area contributed by atoms with E-state index in [1.54, 1.807) is 30.2 Å². The molecular formula is C13H13N3OS. The molecule has 2 aromatic rings. The summed E-state index contributed by atoms with van der Waals surface area (Å²) in [4.78, 5) is 5.02. The fraction of sp³-hybridized carbons (Fsp3) is 0.0769. The lowest BCUT2D eigenvalue weighted by Gasteiger charge is -2.11. The maximum atomic E-state index is 7.51. The van der Waals surface area contributed by atoms with Crippen molar-refractivity contribution in [3.05, 3.63) is 48.3 Å². The van der Waals surface area contributed by atoms with Crippen LogP contribution >= 0.6 is 11.8 Å². The monoisotopic (exact) mass is 259 g/mol. The van der Waals surface area contributed by atoms with Crippen LogP contribution in [-0.2, 0) is 0 Å². The van der Waals surface area contributed by atoms with Crippen molar-refractivity contribution in [2.24, 2.45) is 5.73 Å². The third kappa shape index (κ3) is 2.62. The molecule has 0 saturated heterocycles. The smallest absolute Gasteiger partial charge is 0.156 e. The molecule has 0 aliphatic rings. The normalized spacial score (nSPS) is 10.1. The Hall–Kier alpha value is -2.01. The Morgan fingerprint density at radius 1 is 1.28 bits per heavy atom. The van der Waals surface area contributed by atoms with Gasteiger partial charge in [0, 0.05) is 11.1 Å². The van der Waals surface area contributed by atoms with Gasteiger partial charge >= 0.3 is 0 Å². The molecule has 4 nitrogen and oxygen atoms in total. The number of hydrogen-bond acceptors (Lipinski definition) is 4. The molecule has 0 amide bonds. The summed E-state index contributed by atoms with van der Waals surface area (Å²) in [6.45, 7) is 0. The molecule has 0 atom stereocenters. The molecule has 0 aliphatic carbocycles. The van der Waals surface area contributed by atoms with Crippen LogP contribution < -0.4 is 10.5 Å². The van der Waals surface area contributed by atoms with Crippen LogP contribution in [0, 0.1) is 5.41 Å². The maximum absolute atomic E-state index is 7.51. The van der Waals surface area contributed by atoms with E-state index in [0.717, 1.165) is 10.6 Å². The zero-order valence-corrected chi connectivity index (χ0v) is 10.7. The number of rotatable bonds is 4. The topological polar surface area (TPSA) is 72.0 Å². The summed E-state index contributed by atoms with van der Waals surface area (Å²) in [6.07, 6.45) is 5.13. The second kappa shape index (κ2) is 5.55. The molecule has 18 heavy (non-hydrogen) atoms. The van der Waals surface area contributed by atoms with Crippen molar-refractivity contribution >= 4 is 17.6 Å². The summed E-state index contributed by atoms with van der Waals surface area (Å²) < 4.78 is 5.79. The number of pyridine rings is 1. The molecule has 0 radical (unpaired) electrons. The van der Waals surface area contributed by atoms with Gasteiger partial charge in [-0.1, -0.05) is 12.1 Å². The largest absolute Gasteiger partial charge is 0.454 e. The number of thioether (sulfide) groups is 1. The van der Waals surface area contributed by atoms with E-state index in [2.05, 4.69) is 4.98 Å². The predicted molar refractivity (Wildman–Crippen MR) is 73.6 cm³/mol. The molecule has 1 heterocycles. The second-order valence-electron chi connectivity index (χ2n) is 3.54. The van der Waals surface area contributed by atoms with Crippen LogP contribution in [-0.4, -0.2) is 17.1 Å². The van der Waals surface area contributed by atoms with E-state index in [1.807, 2.05) is 30.5 Å². The standard InChI is InChI=1S/C13H13N3OS/c1-18-12-5-3-2-4-10(12)17-11-8-16-7-6-9(11)13(14)15/h2-8H,1H3,(H3,14,15). The zero-order chi connectivity index (χ0) is 13.0. The first-order chi connectivity index (χ1) is 8.72. The number of para-hydroxylation sites is 1. The van der Waals surface area contributed by atoms with E-state index in [1.165, 1.54) is 0 Å². The van der Waals surface area contributed by atoms with Crippen LogP contribution in [0.4, 0.5) is 0 Å². The molecule has 5 heteroatoms. The van der Waals surface area contributed by atoms with Crippen molar-refractivity contribution in [1.29, 1.82) is 5.41 Å². The number of amidine groups is 1. The number of nitrogens with zero attached hydrogens (tertiary/aromatic N) is 1. The van der Waals surface area contributed by atoms with E-state index >= 15 is 0 Å². The highest BCUT2D eigenvalue weighted by molar-refractivity contribution is 7.98. The van der Waals surface area contributed by atoms with Gasteiger partial charge in [-0.15, -0.1) is 11.8 Å². The van der Waals surface area contributed by atoms with Crippen molar-refractivity contribution < 1.29 is 4.74 Å².